The highest BCUT2D eigenvalue weighted by molar-refractivity contribution is 7.55. The topological polar surface area (TPSA) is 9.23 Å². The van der Waals surface area contributed by atoms with E-state index < -0.39 is 0 Å². The van der Waals surface area contributed by atoms with E-state index in [9.17, 15) is 0 Å². The van der Waals surface area contributed by atoms with Crippen LogP contribution in [0.5, 0.6) is 0 Å². The Morgan fingerprint density at radius 3 is 1.40 bits per heavy atom. The van der Waals surface area contributed by atoms with E-state index in [1.165, 1.54) is 10.6 Å². The summed E-state index contributed by atoms with van der Waals surface area (Å²) in [5.74, 6) is 0. The fourth-order valence-corrected chi connectivity index (χ4v) is 2.96. The van der Waals surface area contributed by atoms with Crippen LogP contribution in [0.3, 0.4) is 0 Å². The summed E-state index contributed by atoms with van der Waals surface area (Å²) in [6, 6.07) is 20.6. The zero-order chi connectivity index (χ0) is 10.3. The van der Waals surface area contributed by atoms with Crippen LogP contribution in [0.25, 0.3) is 0 Å². The Labute approximate surface area is 93.6 Å². The molecule has 0 bridgehead atoms. The van der Waals surface area contributed by atoms with Crippen molar-refractivity contribution in [2.24, 2.45) is 0 Å². The molecule has 76 valence electrons. The molecule has 0 aliphatic carbocycles. The summed E-state index contributed by atoms with van der Waals surface area (Å²) in [5, 5.41) is 2.50. The van der Waals surface area contributed by atoms with E-state index in [1.807, 2.05) is 36.4 Å². The van der Waals surface area contributed by atoms with Gasteiger partial charge < -0.3 is 4.31 Å². The lowest BCUT2D eigenvalue weighted by Gasteiger charge is -2.03. The van der Waals surface area contributed by atoms with Crippen molar-refractivity contribution >= 4 is 28.2 Å². The maximum atomic E-state index is 5.66. The molecular formula is C12H12OP2. The normalized spacial score (nSPS) is 11.7. The number of benzene rings is 2. The van der Waals surface area contributed by atoms with Crippen LogP contribution in [0.1, 0.15) is 0 Å². The molecule has 15 heavy (non-hydrogen) atoms. The molecule has 2 aromatic carbocycles. The first-order valence-electron chi connectivity index (χ1n) is 4.73. The van der Waals surface area contributed by atoms with Gasteiger partial charge in [0.05, 0.1) is 17.6 Å². The third-order valence-corrected chi connectivity index (χ3v) is 3.84. The van der Waals surface area contributed by atoms with Crippen LogP contribution < -0.4 is 10.6 Å². The van der Waals surface area contributed by atoms with Crippen molar-refractivity contribution in [3.05, 3.63) is 60.7 Å². The smallest absolute Gasteiger partial charge is 0.0510 e. The predicted molar refractivity (Wildman–Crippen MR) is 69.9 cm³/mol. The Kier molecular flexibility index (Phi) is 4.29. The molecular weight excluding hydrogens is 222 g/mol. The minimum Gasteiger partial charge on any atom is -0.334 e. The largest absolute Gasteiger partial charge is 0.334 e. The van der Waals surface area contributed by atoms with Gasteiger partial charge in [-0.15, -0.1) is 0 Å². The molecule has 0 fully saturated rings. The van der Waals surface area contributed by atoms with Gasteiger partial charge in [-0.1, -0.05) is 60.7 Å². The van der Waals surface area contributed by atoms with Crippen molar-refractivity contribution in [2.75, 3.05) is 0 Å². The van der Waals surface area contributed by atoms with Gasteiger partial charge in [0.15, 0.2) is 0 Å². The summed E-state index contributed by atoms with van der Waals surface area (Å²) >= 11 is 0. The highest BCUT2D eigenvalue weighted by atomic mass is 31.2. The van der Waals surface area contributed by atoms with E-state index in [0.717, 1.165) is 0 Å². The van der Waals surface area contributed by atoms with E-state index in [-0.39, 0.29) is 0 Å². The predicted octanol–water partition coefficient (Wildman–Crippen LogP) is 2.84. The zero-order valence-electron chi connectivity index (χ0n) is 8.18. The SMILES string of the molecule is c1ccc(POPc2ccccc2)cc1. The van der Waals surface area contributed by atoms with E-state index in [1.54, 1.807) is 0 Å². The van der Waals surface area contributed by atoms with Crippen molar-refractivity contribution in [3.8, 4) is 0 Å². The van der Waals surface area contributed by atoms with Crippen LogP contribution in [0, 0.1) is 0 Å². The van der Waals surface area contributed by atoms with Crippen LogP contribution in [0.4, 0.5) is 0 Å². The van der Waals surface area contributed by atoms with Crippen LogP contribution in [-0.2, 0) is 4.31 Å². The molecule has 0 radical (unpaired) electrons. The molecule has 2 aromatic rings. The van der Waals surface area contributed by atoms with Crippen molar-refractivity contribution < 1.29 is 4.31 Å². The van der Waals surface area contributed by atoms with E-state index in [4.69, 9.17) is 4.31 Å². The van der Waals surface area contributed by atoms with Gasteiger partial charge in [-0.05, 0) is 10.6 Å². The van der Waals surface area contributed by atoms with Crippen LogP contribution >= 0.6 is 17.6 Å². The molecule has 0 aromatic heterocycles. The Morgan fingerprint density at radius 1 is 0.600 bits per heavy atom. The lowest BCUT2D eigenvalue weighted by Crippen LogP contribution is -1.94. The molecule has 0 heterocycles. The van der Waals surface area contributed by atoms with Gasteiger partial charge in [-0.25, -0.2) is 0 Å². The molecule has 3 heteroatoms. The highest BCUT2D eigenvalue weighted by Gasteiger charge is 1.93. The molecule has 0 N–H and O–H groups in total. The summed E-state index contributed by atoms with van der Waals surface area (Å²) in [4.78, 5) is 0. The van der Waals surface area contributed by atoms with E-state index in [0.29, 0.717) is 17.6 Å². The summed E-state index contributed by atoms with van der Waals surface area (Å²) < 4.78 is 5.66. The summed E-state index contributed by atoms with van der Waals surface area (Å²) in [6.07, 6.45) is 0. The van der Waals surface area contributed by atoms with Gasteiger partial charge in [0.2, 0.25) is 0 Å². The third kappa shape index (κ3) is 3.72. The third-order valence-electron chi connectivity index (χ3n) is 1.89. The first kappa shape index (κ1) is 10.8. The Balaban J connectivity index is 1.81. The van der Waals surface area contributed by atoms with Gasteiger partial charge >= 0.3 is 0 Å². The average Bonchev–Trinajstić information content (AvgIpc) is 2.32. The van der Waals surface area contributed by atoms with E-state index in [2.05, 4.69) is 24.3 Å². The molecule has 2 unspecified atom stereocenters. The second-order valence-electron chi connectivity index (χ2n) is 3.04. The maximum absolute atomic E-state index is 5.66. The highest BCUT2D eigenvalue weighted by Crippen LogP contribution is 2.24. The van der Waals surface area contributed by atoms with Gasteiger partial charge in [0, 0.05) is 0 Å². The quantitative estimate of drug-likeness (QED) is 0.739. The van der Waals surface area contributed by atoms with Crippen molar-refractivity contribution in [2.45, 2.75) is 0 Å². The second kappa shape index (κ2) is 5.98. The van der Waals surface area contributed by atoms with Crippen LogP contribution in [0.2, 0.25) is 0 Å². The van der Waals surface area contributed by atoms with Crippen molar-refractivity contribution in [1.29, 1.82) is 0 Å². The van der Waals surface area contributed by atoms with Gasteiger partial charge in [0.25, 0.3) is 0 Å². The molecule has 0 aliphatic rings. The molecule has 1 nitrogen and oxygen atoms in total. The monoisotopic (exact) mass is 234 g/mol. The van der Waals surface area contributed by atoms with Crippen LogP contribution in [0.15, 0.2) is 60.7 Å². The first-order chi connectivity index (χ1) is 7.45. The summed E-state index contributed by atoms with van der Waals surface area (Å²) in [7, 11) is 0.885. The zero-order valence-corrected chi connectivity index (χ0v) is 10.2. The summed E-state index contributed by atoms with van der Waals surface area (Å²) in [5.41, 5.74) is 0. The van der Waals surface area contributed by atoms with Crippen molar-refractivity contribution in [3.63, 3.8) is 0 Å². The van der Waals surface area contributed by atoms with Gasteiger partial charge in [0.1, 0.15) is 0 Å². The van der Waals surface area contributed by atoms with E-state index >= 15 is 0 Å². The minimum atomic E-state index is 0.442. The molecule has 0 spiro atoms. The number of rotatable bonds is 4. The summed E-state index contributed by atoms with van der Waals surface area (Å²) in [6.45, 7) is 0. The molecule has 0 aliphatic heterocycles. The maximum Gasteiger partial charge on any atom is 0.0510 e. The second-order valence-corrected chi connectivity index (χ2v) is 5.42. The average molecular weight is 234 g/mol. The van der Waals surface area contributed by atoms with Crippen LogP contribution in [-0.4, -0.2) is 0 Å². The Hall–Kier alpha value is -0.740. The molecule has 2 atom stereocenters. The fraction of sp³-hybridized carbons (Fsp3) is 0. The molecule has 0 amide bonds. The van der Waals surface area contributed by atoms with Crippen molar-refractivity contribution in [1.82, 2.24) is 0 Å². The Bertz CT molecular complexity index is 349. The lowest BCUT2D eigenvalue weighted by molar-refractivity contribution is 0.741. The first-order valence-corrected chi connectivity index (χ1v) is 6.55. The standard InChI is InChI=1S/C12H12OP2/c1-3-7-11(8-4-1)14-13-15-12-9-5-2-6-10-12/h1-10,14-15H. The fourth-order valence-electron chi connectivity index (χ4n) is 1.16. The Morgan fingerprint density at radius 2 is 1.00 bits per heavy atom. The molecule has 2 rings (SSSR count). The number of hydrogen-bond acceptors (Lipinski definition) is 1. The molecule has 0 saturated heterocycles. The minimum absolute atomic E-state index is 0.442. The number of hydrogen-bond donors (Lipinski definition) is 0. The molecule has 0 saturated carbocycles. The van der Waals surface area contributed by atoms with Gasteiger partial charge in [-0.3, -0.25) is 0 Å². The van der Waals surface area contributed by atoms with Gasteiger partial charge in [-0.2, -0.15) is 0 Å². The lowest BCUT2D eigenvalue weighted by atomic mass is 10.4.